The van der Waals surface area contributed by atoms with Gasteiger partial charge in [-0.25, -0.2) is 0 Å². The van der Waals surface area contributed by atoms with E-state index in [2.05, 4.69) is 0 Å². The third-order valence-corrected chi connectivity index (χ3v) is 2.66. The predicted molar refractivity (Wildman–Crippen MR) is 63.1 cm³/mol. The number of nitrogens with zero attached hydrogens (tertiary/aromatic N) is 1. The minimum atomic E-state index is -0.331. The topological polar surface area (TPSA) is 46.6 Å². The molecule has 0 unspecified atom stereocenters. The molecule has 0 bridgehead atoms. The molecule has 0 atom stereocenters. The van der Waals surface area contributed by atoms with Crippen molar-refractivity contribution in [3.63, 3.8) is 0 Å². The van der Waals surface area contributed by atoms with Crippen molar-refractivity contribution in [2.75, 3.05) is 13.7 Å². The van der Waals surface area contributed by atoms with Gasteiger partial charge in [0.1, 0.15) is 0 Å². The first-order valence-corrected chi connectivity index (χ1v) is 5.40. The summed E-state index contributed by atoms with van der Waals surface area (Å²) in [5.74, 6) is -0.610. The summed E-state index contributed by atoms with van der Waals surface area (Å²) in [5.41, 5.74) is 1.58. The van der Waals surface area contributed by atoms with Crippen LogP contribution in [0.4, 0.5) is 0 Å². The van der Waals surface area contributed by atoms with Crippen molar-refractivity contribution >= 4 is 17.4 Å². The highest BCUT2D eigenvalue weighted by Crippen LogP contribution is 2.27. The maximum atomic E-state index is 12.0. The second-order valence-corrected chi connectivity index (χ2v) is 3.70. The summed E-state index contributed by atoms with van der Waals surface area (Å²) in [6.45, 7) is 2.32. The maximum Gasteiger partial charge on any atom is 0.264 e. The fraction of sp³-hybridized carbons (Fsp3) is 0.231. The van der Waals surface area contributed by atoms with Crippen molar-refractivity contribution < 1.29 is 14.3 Å². The zero-order valence-electron chi connectivity index (χ0n) is 9.77. The molecule has 1 aliphatic heterocycles. The van der Waals surface area contributed by atoms with Gasteiger partial charge in [-0.05, 0) is 13.0 Å². The molecule has 1 heterocycles. The Morgan fingerprint density at radius 1 is 1.18 bits per heavy atom. The number of ether oxygens (including phenoxy) is 1. The van der Waals surface area contributed by atoms with Gasteiger partial charge in [0.25, 0.3) is 11.8 Å². The highest BCUT2D eigenvalue weighted by molar-refractivity contribution is 6.30. The van der Waals surface area contributed by atoms with Crippen LogP contribution in [0.15, 0.2) is 30.5 Å². The van der Waals surface area contributed by atoms with Crippen molar-refractivity contribution in [1.29, 1.82) is 0 Å². The summed E-state index contributed by atoms with van der Waals surface area (Å²) >= 11 is 0. The third-order valence-electron chi connectivity index (χ3n) is 2.66. The van der Waals surface area contributed by atoms with Crippen LogP contribution < -0.4 is 0 Å². The Bertz CT molecular complexity index is 505. The number of hydrogen-bond donors (Lipinski definition) is 0. The number of benzene rings is 1. The van der Waals surface area contributed by atoms with E-state index in [9.17, 15) is 9.59 Å². The lowest BCUT2D eigenvalue weighted by molar-refractivity contribution is -0.121. The Morgan fingerprint density at radius 2 is 1.82 bits per heavy atom. The Balaban J connectivity index is 2.57. The van der Waals surface area contributed by atoms with E-state index in [1.54, 1.807) is 24.3 Å². The minimum Gasteiger partial charge on any atom is -0.501 e. The van der Waals surface area contributed by atoms with Gasteiger partial charge in [0.05, 0.1) is 18.4 Å². The SMILES string of the molecule is CCOC=C1C(=O)N(C)C(=O)c2ccccc21. The zero-order chi connectivity index (χ0) is 12.4. The Morgan fingerprint density at radius 3 is 2.47 bits per heavy atom. The van der Waals surface area contributed by atoms with Crippen LogP contribution in [0.5, 0.6) is 0 Å². The van der Waals surface area contributed by atoms with Crippen molar-refractivity contribution in [3.8, 4) is 0 Å². The van der Waals surface area contributed by atoms with Gasteiger partial charge in [0, 0.05) is 18.2 Å². The molecule has 0 saturated carbocycles. The van der Waals surface area contributed by atoms with Crippen LogP contribution in [0.1, 0.15) is 22.8 Å². The van der Waals surface area contributed by atoms with Gasteiger partial charge in [-0.1, -0.05) is 18.2 Å². The summed E-state index contributed by atoms with van der Waals surface area (Å²) in [7, 11) is 1.47. The second-order valence-electron chi connectivity index (χ2n) is 3.70. The normalized spacial score (nSPS) is 17.3. The van der Waals surface area contributed by atoms with Crippen LogP contribution in [-0.2, 0) is 9.53 Å². The first-order chi connectivity index (χ1) is 8.16. The average molecular weight is 231 g/mol. The fourth-order valence-corrected chi connectivity index (χ4v) is 1.75. The van der Waals surface area contributed by atoms with E-state index in [0.717, 1.165) is 4.90 Å². The van der Waals surface area contributed by atoms with Crippen molar-refractivity contribution in [3.05, 3.63) is 41.7 Å². The molecular formula is C13H13NO3. The molecule has 1 aliphatic rings. The Kier molecular flexibility index (Phi) is 2.95. The molecular weight excluding hydrogens is 218 g/mol. The summed E-state index contributed by atoms with van der Waals surface area (Å²) in [6, 6.07) is 7.03. The molecule has 88 valence electrons. The quantitative estimate of drug-likeness (QED) is 0.442. The molecule has 0 aromatic heterocycles. The van der Waals surface area contributed by atoms with Crippen LogP contribution in [0, 0.1) is 0 Å². The first kappa shape index (κ1) is 11.4. The molecule has 2 amide bonds. The van der Waals surface area contributed by atoms with E-state index in [-0.39, 0.29) is 11.8 Å². The van der Waals surface area contributed by atoms with E-state index in [1.165, 1.54) is 13.3 Å². The van der Waals surface area contributed by atoms with Gasteiger partial charge < -0.3 is 4.74 Å². The lowest BCUT2D eigenvalue weighted by Crippen LogP contribution is -2.38. The number of fused-ring (bicyclic) bond motifs is 1. The van der Waals surface area contributed by atoms with E-state index in [1.807, 2.05) is 6.92 Å². The Labute approximate surface area is 99.5 Å². The molecule has 0 spiro atoms. The van der Waals surface area contributed by atoms with Crippen LogP contribution in [-0.4, -0.2) is 30.4 Å². The summed E-state index contributed by atoms with van der Waals surface area (Å²) in [6.07, 6.45) is 1.42. The van der Waals surface area contributed by atoms with Crippen molar-refractivity contribution in [1.82, 2.24) is 4.90 Å². The molecule has 2 rings (SSSR count). The second kappa shape index (κ2) is 4.41. The first-order valence-electron chi connectivity index (χ1n) is 5.40. The number of imide groups is 1. The molecule has 0 radical (unpaired) electrons. The number of amides is 2. The largest absolute Gasteiger partial charge is 0.501 e. The average Bonchev–Trinajstić information content (AvgIpc) is 2.36. The summed E-state index contributed by atoms with van der Waals surface area (Å²) < 4.78 is 5.16. The molecule has 0 N–H and O–H groups in total. The van der Waals surface area contributed by atoms with Gasteiger partial charge in [0.2, 0.25) is 0 Å². The van der Waals surface area contributed by atoms with Crippen LogP contribution in [0.3, 0.4) is 0 Å². The number of carbonyl (C=O) groups is 2. The summed E-state index contributed by atoms with van der Waals surface area (Å²) in [4.78, 5) is 24.9. The van der Waals surface area contributed by atoms with E-state index >= 15 is 0 Å². The third kappa shape index (κ3) is 1.82. The van der Waals surface area contributed by atoms with Crippen LogP contribution >= 0.6 is 0 Å². The fourth-order valence-electron chi connectivity index (χ4n) is 1.75. The molecule has 0 aliphatic carbocycles. The van der Waals surface area contributed by atoms with Crippen LogP contribution in [0.2, 0.25) is 0 Å². The van der Waals surface area contributed by atoms with Crippen molar-refractivity contribution in [2.45, 2.75) is 6.92 Å². The standard InChI is InChI=1S/C13H13NO3/c1-3-17-8-11-9-6-4-5-7-10(9)12(15)14(2)13(11)16/h4-8H,3H2,1-2H3. The minimum absolute atomic E-state index is 0.278. The summed E-state index contributed by atoms with van der Waals surface area (Å²) in [5, 5.41) is 0. The molecule has 1 aromatic carbocycles. The van der Waals surface area contributed by atoms with Crippen LogP contribution in [0.25, 0.3) is 5.57 Å². The molecule has 17 heavy (non-hydrogen) atoms. The van der Waals surface area contributed by atoms with Gasteiger partial charge in [-0.3, -0.25) is 14.5 Å². The number of rotatable bonds is 2. The smallest absolute Gasteiger partial charge is 0.264 e. The molecule has 4 heteroatoms. The van der Waals surface area contributed by atoms with Gasteiger partial charge >= 0.3 is 0 Å². The molecule has 4 nitrogen and oxygen atoms in total. The predicted octanol–water partition coefficient (Wildman–Crippen LogP) is 1.68. The van der Waals surface area contributed by atoms with E-state index in [4.69, 9.17) is 4.74 Å². The van der Waals surface area contributed by atoms with Gasteiger partial charge in [-0.2, -0.15) is 0 Å². The Hall–Kier alpha value is -2.10. The molecule has 1 aromatic rings. The van der Waals surface area contributed by atoms with Gasteiger partial charge in [-0.15, -0.1) is 0 Å². The molecule has 0 fully saturated rings. The number of likely N-dealkylation sites (N-methyl/N-ethyl adjacent to an activating group) is 1. The van der Waals surface area contributed by atoms with E-state index in [0.29, 0.717) is 23.3 Å². The highest BCUT2D eigenvalue weighted by atomic mass is 16.5. The lowest BCUT2D eigenvalue weighted by atomic mass is 9.95. The lowest BCUT2D eigenvalue weighted by Gasteiger charge is -2.24. The maximum absolute atomic E-state index is 12.0. The van der Waals surface area contributed by atoms with E-state index < -0.39 is 0 Å². The number of carbonyl (C=O) groups excluding carboxylic acids is 2. The van der Waals surface area contributed by atoms with Gasteiger partial charge in [0.15, 0.2) is 0 Å². The van der Waals surface area contributed by atoms with Crippen molar-refractivity contribution in [2.24, 2.45) is 0 Å². The zero-order valence-corrected chi connectivity index (χ0v) is 9.77. The monoisotopic (exact) mass is 231 g/mol. The molecule has 0 saturated heterocycles. The highest BCUT2D eigenvalue weighted by Gasteiger charge is 2.32. The number of hydrogen-bond acceptors (Lipinski definition) is 3.